The Morgan fingerprint density at radius 3 is 2.79 bits per heavy atom. The largest absolute Gasteiger partial charge is 0.312 e. The second-order valence-corrected chi connectivity index (χ2v) is 6.91. The summed E-state index contributed by atoms with van der Waals surface area (Å²) >= 11 is 5.11. The molecule has 0 aliphatic carbocycles. The summed E-state index contributed by atoms with van der Waals surface area (Å²) in [4.78, 5) is 10.3. The zero-order chi connectivity index (χ0) is 13.8. The molecule has 0 radical (unpaired) electrons. The zero-order valence-electron chi connectivity index (χ0n) is 11.4. The lowest BCUT2D eigenvalue weighted by molar-refractivity contribution is 0.554. The van der Waals surface area contributed by atoms with Crippen molar-refractivity contribution in [3.05, 3.63) is 33.4 Å². The van der Waals surface area contributed by atoms with Crippen molar-refractivity contribution in [3.8, 4) is 10.7 Å². The van der Waals surface area contributed by atoms with Crippen molar-refractivity contribution in [3.63, 3.8) is 0 Å². The Labute approximate surface area is 126 Å². The first-order valence-corrected chi connectivity index (χ1v) is 7.96. The monoisotopic (exact) mass is 339 g/mol. The molecule has 0 fully saturated rings. The van der Waals surface area contributed by atoms with Crippen molar-refractivity contribution in [1.29, 1.82) is 0 Å². The first-order valence-electron chi connectivity index (χ1n) is 6.35. The number of hydrogen-bond acceptors (Lipinski definition) is 4. The number of thiazole rings is 1. The van der Waals surface area contributed by atoms with Gasteiger partial charge in [-0.05, 0) is 47.4 Å². The predicted octanol–water partition coefficient (Wildman–Crippen LogP) is 4.02. The molecular weight excluding hydrogens is 322 g/mol. The molecule has 5 heteroatoms. The van der Waals surface area contributed by atoms with E-state index in [0.29, 0.717) is 5.92 Å². The molecule has 102 valence electrons. The predicted molar refractivity (Wildman–Crippen MR) is 84.3 cm³/mol. The average Bonchev–Trinajstić information content (AvgIpc) is 2.71. The molecule has 1 N–H and O–H groups in total. The van der Waals surface area contributed by atoms with Crippen molar-refractivity contribution in [2.45, 2.75) is 27.3 Å². The standard InChI is InChI=1S/C14H18BrN3S/c1-9(2)6-16-8-13-10(3)18-14(19-13)12-5-4-11(15)7-17-12/h4-5,7,9,16H,6,8H2,1-3H3. The number of pyridine rings is 1. The van der Waals surface area contributed by atoms with Crippen LogP contribution in [0.3, 0.4) is 0 Å². The molecule has 0 atom stereocenters. The molecule has 0 saturated heterocycles. The van der Waals surface area contributed by atoms with Crippen LogP contribution in [0.15, 0.2) is 22.8 Å². The third-order valence-electron chi connectivity index (χ3n) is 2.68. The van der Waals surface area contributed by atoms with Gasteiger partial charge in [-0.2, -0.15) is 0 Å². The highest BCUT2D eigenvalue weighted by atomic mass is 79.9. The molecule has 0 aliphatic heterocycles. The number of hydrogen-bond donors (Lipinski definition) is 1. The summed E-state index contributed by atoms with van der Waals surface area (Å²) in [6.07, 6.45) is 1.81. The van der Waals surface area contributed by atoms with E-state index >= 15 is 0 Å². The fourth-order valence-electron chi connectivity index (χ4n) is 1.68. The van der Waals surface area contributed by atoms with Crippen LogP contribution in [0.1, 0.15) is 24.4 Å². The number of halogens is 1. The molecule has 0 bridgehead atoms. The molecule has 2 aromatic rings. The second-order valence-electron chi connectivity index (χ2n) is 4.91. The fourth-order valence-corrected chi connectivity index (χ4v) is 2.92. The number of nitrogens with zero attached hydrogens (tertiary/aromatic N) is 2. The Bertz CT molecular complexity index is 534. The summed E-state index contributed by atoms with van der Waals surface area (Å²) in [7, 11) is 0. The van der Waals surface area contributed by atoms with Gasteiger partial charge in [-0.1, -0.05) is 13.8 Å². The van der Waals surface area contributed by atoms with Crippen LogP contribution >= 0.6 is 27.3 Å². The summed E-state index contributed by atoms with van der Waals surface area (Å²) in [5.74, 6) is 0.667. The Hall–Kier alpha value is -0.780. The van der Waals surface area contributed by atoms with Gasteiger partial charge in [-0.25, -0.2) is 4.98 Å². The topological polar surface area (TPSA) is 37.8 Å². The van der Waals surface area contributed by atoms with Crippen LogP contribution in [0.25, 0.3) is 10.7 Å². The van der Waals surface area contributed by atoms with Gasteiger partial charge in [-0.15, -0.1) is 11.3 Å². The molecular formula is C14H18BrN3S. The van der Waals surface area contributed by atoms with E-state index in [-0.39, 0.29) is 0 Å². The molecule has 19 heavy (non-hydrogen) atoms. The highest BCUT2D eigenvalue weighted by molar-refractivity contribution is 9.10. The van der Waals surface area contributed by atoms with E-state index in [1.807, 2.05) is 18.3 Å². The van der Waals surface area contributed by atoms with E-state index in [1.54, 1.807) is 11.3 Å². The minimum absolute atomic E-state index is 0.667. The normalized spacial score (nSPS) is 11.2. The lowest BCUT2D eigenvalue weighted by atomic mass is 10.2. The Balaban J connectivity index is 2.09. The minimum atomic E-state index is 0.667. The number of aryl methyl sites for hydroxylation is 1. The molecule has 2 rings (SSSR count). The molecule has 0 amide bonds. The van der Waals surface area contributed by atoms with E-state index < -0.39 is 0 Å². The van der Waals surface area contributed by atoms with Crippen LogP contribution in [0.4, 0.5) is 0 Å². The zero-order valence-corrected chi connectivity index (χ0v) is 13.8. The second kappa shape index (κ2) is 6.59. The Morgan fingerprint density at radius 1 is 1.37 bits per heavy atom. The molecule has 2 heterocycles. The molecule has 0 unspecified atom stereocenters. The fraction of sp³-hybridized carbons (Fsp3) is 0.429. The van der Waals surface area contributed by atoms with E-state index in [2.05, 4.69) is 52.0 Å². The first kappa shape index (κ1) is 14.6. The summed E-state index contributed by atoms with van der Waals surface area (Å²) in [6, 6.07) is 3.99. The van der Waals surface area contributed by atoms with Gasteiger partial charge in [0.15, 0.2) is 0 Å². The SMILES string of the molecule is Cc1nc(-c2ccc(Br)cn2)sc1CNCC(C)C. The van der Waals surface area contributed by atoms with E-state index in [1.165, 1.54) is 4.88 Å². The van der Waals surface area contributed by atoms with Crippen molar-refractivity contribution in [1.82, 2.24) is 15.3 Å². The van der Waals surface area contributed by atoms with Gasteiger partial charge >= 0.3 is 0 Å². The number of nitrogens with one attached hydrogen (secondary N) is 1. The van der Waals surface area contributed by atoms with Gasteiger partial charge in [0.05, 0.1) is 11.4 Å². The summed E-state index contributed by atoms with van der Waals surface area (Å²) in [6.45, 7) is 8.40. The van der Waals surface area contributed by atoms with Gasteiger partial charge in [0.1, 0.15) is 5.01 Å². The van der Waals surface area contributed by atoms with Crippen molar-refractivity contribution >= 4 is 27.3 Å². The van der Waals surface area contributed by atoms with Gasteiger partial charge in [0.25, 0.3) is 0 Å². The van der Waals surface area contributed by atoms with Gasteiger partial charge in [0.2, 0.25) is 0 Å². The van der Waals surface area contributed by atoms with E-state index in [4.69, 9.17) is 0 Å². The molecule has 0 saturated carbocycles. The highest BCUT2D eigenvalue weighted by Gasteiger charge is 2.10. The lowest BCUT2D eigenvalue weighted by Gasteiger charge is -2.05. The molecule has 0 aliphatic rings. The van der Waals surface area contributed by atoms with Crippen LogP contribution in [0.5, 0.6) is 0 Å². The summed E-state index contributed by atoms with van der Waals surface area (Å²) in [5, 5.41) is 4.45. The van der Waals surface area contributed by atoms with Crippen molar-refractivity contribution in [2.24, 2.45) is 5.92 Å². The van der Waals surface area contributed by atoms with Crippen LogP contribution in [0, 0.1) is 12.8 Å². The lowest BCUT2D eigenvalue weighted by Crippen LogP contribution is -2.18. The van der Waals surface area contributed by atoms with Gasteiger partial charge in [-0.3, -0.25) is 4.98 Å². The van der Waals surface area contributed by atoms with Gasteiger partial charge in [0, 0.05) is 22.1 Å². The van der Waals surface area contributed by atoms with Crippen molar-refractivity contribution < 1.29 is 0 Å². The van der Waals surface area contributed by atoms with Gasteiger partial charge < -0.3 is 5.32 Å². The third-order valence-corrected chi connectivity index (χ3v) is 4.33. The third kappa shape index (κ3) is 4.09. The molecule has 0 aromatic carbocycles. The van der Waals surface area contributed by atoms with Crippen LogP contribution in [0.2, 0.25) is 0 Å². The van der Waals surface area contributed by atoms with E-state index in [0.717, 1.165) is 34.0 Å². The molecule has 2 aromatic heterocycles. The quantitative estimate of drug-likeness (QED) is 0.893. The number of aromatic nitrogens is 2. The maximum atomic E-state index is 4.61. The summed E-state index contributed by atoms with van der Waals surface area (Å²) in [5.41, 5.74) is 2.03. The highest BCUT2D eigenvalue weighted by Crippen LogP contribution is 2.27. The Kier molecular flexibility index (Phi) is 5.07. The smallest absolute Gasteiger partial charge is 0.142 e. The minimum Gasteiger partial charge on any atom is -0.312 e. The van der Waals surface area contributed by atoms with E-state index in [9.17, 15) is 0 Å². The number of rotatable bonds is 5. The molecule has 3 nitrogen and oxygen atoms in total. The molecule has 0 spiro atoms. The maximum Gasteiger partial charge on any atom is 0.142 e. The first-order chi connectivity index (χ1) is 9.06. The Morgan fingerprint density at radius 2 is 2.16 bits per heavy atom. The summed E-state index contributed by atoms with van der Waals surface area (Å²) < 4.78 is 0.989. The average molecular weight is 340 g/mol. The van der Waals surface area contributed by atoms with Crippen LogP contribution in [-0.4, -0.2) is 16.5 Å². The van der Waals surface area contributed by atoms with Crippen LogP contribution < -0.4 is 5.32 Å². The maximum absolute atomic E-state index is 4.61. The van der Waals surface area contributed by atoms with Crippen LogP contribution in [-0.2, 0) is 6.54 Å². The van der Waals surface area contributed by atoms with Crippen molar-refractivity contribution in [2.75, 3.05) is 6.54 Å².